The van der Waals surface area contributed by atoms with Crippen LogP contribution >= 0.6 is 0 Å². The highest BCUT2D eigenvalue weighted by atomic mass is 16.7. The van der Waals surface area contributed by atoms with E-state index in [9.17, 15) is 4.79 Å². The molecule has 2 aliphatic rings. The zero-order chi connectivity index (χ0) is 20.6. The minimum atomic E-state index is -0.811. The largest absolute Gasteiger partial charge is 0.452 e. The fraction of sp³-hybridized carbons (Fsp3) is 0.280. The number of piperidine rings is 1. The van der Waals surface area contributed by atoms with Crippen LogP contribution in [0.2, 0.25) is 0 Å². The van der Waals surface area contributed by atoms with Crippen molar-refractivity contribution in [3.8, 4) is 11.1 Å². The third-order valence-corrected chi connectivity index (χ3v) is 6.28. The number of carbonyl (C=O) groups is 1. The smallest absolute Gasteiger partial charge is 0.279 e. The summed E-state index contributed by atoms with van der Waals surface area (Å²) in [5, 5.41) is 2.31. The van der Waals surface area contributed by atoms with Crippen LogP contribution in [0.1, 0.15) is 25.3 Å². The van der Waals surface area contributed by atoms with Crippen molar-refractivity contribution >= 4 is 16.7 Å². The number of rotatable bonds is 3. The van der Waals surface area contributed by atoms with Gasteiger partial charge in [0, 0.05) is 49.3 Å². The SMILES string of the molecule is CC(=O)N1CCC(C2(c3ccc(-c4ccc5ccncc5c4)cc3)OC=CO2)CC1. The summed E-state index contributed by atoms with van der Waals surface area (Å²) in [6, 6.07) is 16.8. The van der Waals surface area contributed by atoms with Gasteiger partial charge in [-0.25, -0.2) is 0 Å². The molecule has 5 heteroatoms. The Morgan fingerprint density at radius 2 is 1.67 bits per heavy atom. The fourth-order valence-corrected chi connectivity index (χ4v) is 4.58. The molecule has 0 N–H and O–H groups in total. The van der Waals surface area contributed by atoms with Gasteiger partial charge in [-0.2, -0.15) is 0 Å². The summed E-state index contributed by atoms with van der Waals surface area (Å²) in [4.78, 5) is 17.8. The maximum Gasteiger partial charge on any atom is 0.279 e. The molecule has 0 atom stereocenters. The first kappa shape index (κ1) is 18.7. The normalized spacial score (nSPS) is 18.2. The van der Waals surface area contributed by atoms with Crippen LogP contribution in [0.15, 0.2) is 73.4 Å². The summed E-state index contributed by atoms with van der Waals surface area (Å²) in [5.41, 5.74) is 3.29. The number of likely N-dealkylation sites (tertiary alicyclic amines) is 1. The first-order valence-electron chi connectivity index (χ1n) is 10.4. The van der Waals surface area contributed by atoms with Crippen LogP contribution < -0.4 is 0 Å². The van der Waals surface area contributed by atoms with Crippen molar-refractivity contribution in [2.45, 2.75) is 25.6 Å². The first-order valence-corrected chi connectivity index (χ1v) is 10.4. The molecular formula is C25H24N2O3. The average molecular weight is 400 g/mol. The molecule has 0 radical (unpaired) electrons. The lowest BCUT2D eigenvalue weighted by molar-refractivity contribution is -0.201. The second-order valence-electron chi connectivity index (χ2n) is 7.97. The number of aromatic nitrogens is 1. The number of carbonyl (C=O) groups excluding carboxylic acids is 1. The van der Waals surface area contributed by atoms with E-state index in [1.54, 1.807) is 19.4 Å². The summed E-state index contributed by atoms with van der Waals surface area (Å²) in [5.74, 6) is -0.501. The molecule has 0 bridgehead atoms. The maximum absolute atomic E-state index is 11.7. The summed E-state index contributed by atoms with van der Waals surface area (Å²) in [6.07, 6.45) is 8.65. The van der Waals surface area contributed by atoms with Gasteiger partial charge in [-0.05, 0) is 41.5 Å². The van der Waals surface area contributed by atoms with E-state index in [1.165, 1.54) is 5.39 Å². The summed E-state index contributed by atoms with van der Waals surface area (Å²) < 4.78 is 12.1. The number of ether oxygens (including phenoxy) is 2. The lowest BCUT2D eigenvalue weighted by atomic mass is 9.83. The topological polar surface area (TPSA) is 51.7 Å². The standard InChI is InChI=1S/C25H24N2O3/c1-18(28)27-12-9-24(10-13-27)25(29-14-15-30-25)23-6-4-19(5-7-23)21-3-2-20-8-11-26-17-22(20)16-21/h2-8,11,14-17,24H,9-10,12-13H2,1H3. The molecule has 0 spiro atoms. The Hall–Kier alpha value is -3.34. The predicted octanol–water partition coefficient (Wildman–Crippen LogP) is 4.83. The van der Waals surface area contributed by atoms with Gasteiger partial charge >= 0.3 is 0 Å². The summed E-state index contributed by atoms with van der Waals surface area (Å²) in [7, 11) is 0. The second kappa shape index (κ2) is 7.48. The number of fused-ring (bicyclic) bond motifs is 1. The third-order valence-electron chi connectivity index (χ3n) is 6.28. The molecule has 1 aromatic heterocycles. The Balaban J connectivity index is 1.42. The van der Waals surface area contributed by atoms with Crippen LogP contribution in [0.4, 0.5) is 0 Å². The highest BCUT2D eigenvalue weighted by Crippen LogP contribution is 2.44. The average Bonchev–Trinajstić information content (AvgIpc) is 3.30. The zero-order valence-electron chi connectivity index (χ0n) is 17.0. The molecule has 0 unspecified atom stereocenters. The van der Waals surface area contributed by atoms with Gasteiger partial charge in [0.15, 0.2) is 0 Å². The highest BCUT2D eigenvalue weighted by molar-refractivity contribution is 5.86. The molecule has 3 aromatic rings. The molecule has 2 aliphatic heterocycles. The Labute approximate surface area is 175 Å². The minimum absolute atomic E-state index is 0.129. The van der Waals surface area contributed by atoms with E-state index in [-0.39, 0.29) is 11.8 Å². The van der Waals surface area contributed by atoms with Crippen molar-refractivity contribution in [2.24, 2.45) is 5.92 Å². The number of hydrogen-bond donors (Lipinski definition) is 0. The Morgan fingerprint density at radius 1 is 0.967 bits per heavy atom. The third kappa shape index (κ3) is 3.20. The number of hydrogen-bond acceptors (Lipinski definition) is 4. The maximum atomic E-state index is 11.7. The van der Waals surface area contributed by atoms with E-state index in [0.29, 0.717) is 0 Å². The van der Waals surface area contributed by atoms with E-state index in [4.69, 9.17) is 9.47 Å². The Kier molecular flexibility index (Phi) is 4.66. The van der Waals surface area contributed by atoms with Crippen molar-refractivity contribution in [3.63, 3.8) is 0 Å². The van der Waals surface area contributed by atoms with Crippen molar-refractivity contribution in [3.05, 3.63) is 79.0 Å². The summed E-state index contributed by atoms with van der Waals surface area (Å²) in [6.45, 7) is 3.09. The zero-order valence-corrected chi connectivity index (χ0v) is 17.0. The van der Waals surface area contributed by atoms with Crippen LogP contribution in [-0.4, -0.2) is 28.9 Å². The Morgan fingerprint density at radius 3 is 2.37 bits per heavy atom. The first-order chi connectivity index (χ1) is 14.7. The van der Waals surface area contributed by atoms with Gasteiger partial charge in [-0.3, -0.25) is 9.78 Å². The molecule has 0 aliphatic carbocycles. The van der Waals surface area contributed by atoms with E-state index < -0.39 is 5.79 Å². The Bertz CT molecular complexity index is 1090. The molecule has 2 aromatic carbocycles. The van der Waals surface area contributed by atoms with Crippen molar-refractivity contribution in [1.29, 1.82) is 0 Å². The molecule has 1 fully saturated rings. The monoisotopic (exact) mass is 400 g/mol. The van der Waals surface area contributed by atoms with Crippen molar-refractivity contribution in [2.75, 3.05) is 13.1 Å². The van der Waals surface area contributed by atoms with Crippen LogP contribution in [0.25, 0.3) is 21.9 Å². The molecule has 1 amide bonds. The molecule has 30 heavy (non-hydrogen) atoms. The number of amides is 1. The molecule has 5 rings (SSSR count). The van der Waals surface area contributed by atoms with Gasteiger partial charge in [0.05, 0.1) is 0 Å². The van der Waals surface area contributed by atoms with Crippen molar-refractivity contribution in [1.82, 2.24) is 9.88 Å². The van der Waals surface area contributed by atoms with Gasteiger partial charge in [0.25, 0.3) is 5.79 Å². The highest BCUT2D eigenvalue weighted by Gasteiger charge is 2.47. The second-order valence-corrected chi connectivity index (χ2v) is 7.97. The van der Waals surface area contributed by atoms with Gasteiger partial charge in [-0.1, -0.05) is 36.4 Å². The van der Waals surface area contributed by atoms with Gasteiger partial charge in [0.1, 0.15) is 12.5 Å². The van der Waals surface area contributed by atoms with Gasteiger partial charge in [-0.15, -0.1) is 0 Å². The molecular weight excluding hydrogens is 376 g/mol. The quantitative estimate of drug-likeness (QED) is 0.632. The van der Waals surface area contributed by atoms with Crippen LogP contribution in [0.5, 0.6) is 0 Å². The predicted molar refractivity (Wildman–Crippen MR) is 115 cm³/mol. The summed E-state index contributed by atoms with van der Waals surface area (Å²) >= 11 is 0. The number of nitrogens with zero attached hydrogens (tertiary/aromatic N) is 2. The lowest BCUT2D eigenvalue weighted by Gasteiger charge is -2.40. The fourth-order valence-electron chi connectivity index (χ4n) is 4.58. The molecule has 0 saturated carbocycles. The molecule has 3 heterocycles. The van der Waals surface area contributed by atoms with E-state index >= 15 is 0 Å². The molecule has 5 nitrogen and oxygen atoms in total. The van der Waals surface area contributed by atoms with Gasteiger partial charge in [0.2, 0.25) is 5.91 Å². The molecule has 1 saturated heterocycles. The molecule has 152 valence electrons. The van der Waals surface area contributed by atoms with Gasteiger partial charge < -0.3 is 14.4 Å². The van der Waals surface area contributed by atoms with Crippen LogP contribution in [-0.2, 0) is 20.1 Å². The van der Waals surface area contributed by atoms with E-state index in [1.807, 2.05) is 23.4 Å². The van der Waals surface area contributed by atoms with E-state index in [0.717, 1.165) is 48.0 Å². The van der Waals surface area contributed by atoms with Crippen LogP contribution in [0, 0.1) is 5.92 Å². The van der Waals surface area contributed by atoms with E-state index in [2.05, 4.69) is 47.4 Å². The van der Waals surface area contributed by atoms with Crippen LogP contribution in [0.3, 0.4) is 0 Å². The number of benzene rings is 2. The number of pyridine rings is 1. The van der Waals surface area contributed by atoms with Crippen molar-refractivity contribution < 1.29 is 14.3 Å². The minimum Gasteiger partial charge on any atom is -0.452 e. The lowest BCUT2D eigenvalue weighted by Crippen LogP contribution is -2.45.